The summed E-state index contributed by atoms with van der Waals surface area (Å²) in [5, 5.41) is 0. The quantitative estimate of drug-likeness (QED) is 0.419. The van der Waals surface area contributed by atoms with Gasteiger partial charge in [-0.25, -0.2) is 0 Å². The van der Waals surface area contributed by atoms with Crippen LogP contribution in [0, 0.1) is 5.92 Å². The zero-order chi connectivity index (χ0) is 11.6. The molecule has 0 aromatic carbocycles. The lowest BCUT2D eigenvalue weighted by Gasteiger charge is -2.11. The fourth-order valence-corrected chi connectivity index (χ4v) is 1.35. The molecule has 2 amide bonds. The largest absolute Gasteiger partial charge is 0.468 e. The van der Waals surface area contributed by atoms with Crippen molar-refractivity contribution in [3.05, 3.63) is 0 Å². The van der Waals surface area contributed by atoms with Crippen LogP contribution < -0.4 is 5.73 Å². The van der Waals surface area contributed by atoms with Gasteiger partial charge in [0.05, 0.1) is 20.2 Å². The highest BCUT2D eigenvalue weighted by Crippen LogP contribution is 2.15. The van der Waals surface area contributed by atoms with Crippen molar-refractivity contribution in [2.24, 2.45) is 11.7 Å². The first kappa shape index (κ1) is 11.2. The highest BCUT2D eigenvalue weighted by Gasteiger charge is 2.45. The van der Waals surface area contributed by atoms with Crippen LogP contribution in [-0.4, -0.2) is 48.7 Å². The van der Waals surface area contributed by atoms with Gasteiger partial charge in [-0.2, -0.15) is 0 Å². The summed E-state index contributed by atoms with van der Waals surface area (Å²) in [6, 6.07) is 0. The zero-order valence-electron chi connectivity index (χ0n) is 8.06. The third-order valence-corrected chi connectivity index (χ3v) is 2.01. The van der Waals surface area contributed by atoms with Crippen molar-refractivity contribution < 1.29 is 23.9 Å². The summed E-state index contributed by atoms with van der Waals surface area (Å²) in [5.74, 6) is -4.38. The molecule has 2 N–H and O–H groups in total. The molecular weight excluding hydrogens is 204 g/mol. The number of methoxy groups -OCH3 is 1. The fourth-order valence-electron chi connectivity index (χ4n) is 1.35. The molecule has 0 bridgehead atoms. The number of carbonyl (C=O) groups excluding carboxylic acids is 4. The van der Waals surface area contributed by atoms with Crippen molar-refractivity contribution in [3.8, 4) is 0 Å². The number of Topliss-reactive ketones (excluding diaryl/α,β-unsaturated/α-hetero) is 1. The third kappa shape index (κ3) is 2.12. The summed E-state index contributed by atoms with van der Waals surface area (Å²) in [4.78, 5) is 45.3. The Bertz CT molecular complexity index is 338. The molecule has 7 heteroatoms. The van der Waals surface area contributed by atoms with Gasteiger partial charge in [0.25, 0.3) is 0 Å². The number of hydrogen-bond donors (Lipinski definition) is 1. The van der Waals surface area contributed by atoms with Crippen molar-refractivity contribution in [2.75, 3.05) is 20.2 Å². The minimum absolute atomic E-state index is 0.276. The summed E-state index contributed by atoms with van der Waals surface area (Å²) in [5.41, 5.74) is 4.87. The van der Waals surface area contributed by atoms with E-state index in [1.54, 1.807) is 0 Å². The average molecular weight is 214 g/mol. The maximum Gasteiger partial charge on any atom is 0.325 e. The van der Waals surface area contributed by atoms with E-state index in [0.717, 1.165) is 12.0 Å². The molecule has 1 fully saturated rings. The molecule has 1 rings (SSSR count). The Balaban J connectivity index is 2.79. The Morgan fingerprint density at radius 1 is 1.53 bits per heavy atom. The van der Waals surface area contributed by atoms with Gasteiger partial charge in [0.1, 0.15) is 0 Å². The normalized spacial score (nSPS) is 20.6. The Labute approximate surface area is 85.1 Å². The predicted molar refractivity (Wildman–Crippen MR) is 46.3 cm³/mol. The molecule has 1 heterocycles. The van der Waals surface area contributed by atoms with Gasteiger partial charge < -0.3 is 15.4 Å². The number of amides is 2. The summed E-state index contributed by atoms with van der Waals surface area (Å²) < 4.78 is 4.30. The topological polar surface area (TPSA) is 107 Å². The molecule has 82 valence electrons. The summed E-state index contributed by atoms with van der Waals surface area (Å²) >= 11 is 0. The number of esters is 1. The van der Waals surface area contributed by atoms with Crippen LogP contribution in [0.25, 0.3) is 0 Å². The maximum absolute atomic E-state index is 11.4. The smallest absolute Gasteiger partial charge is 0.325 e. The first-order valence-electron chi connectivity index (χ1n) is 4.15. The molecule has 15 heavy (non-hydrogen) atoms. The standard InChI is InChI=1S/C8H10N2O5/c1-15-8(14)6-4(11)2-10(7(6)13)3-5(9)12/h6H,2-3H2,1H3,(H2,9,12). The molecule has 0 aromatic heterocycles. The van der Waals surface area contributed by atoms with Crippen LogP contribution in [0.1, 0.15) is 0 Å². The number of nitrogens with two attached hydrogens (primary N) is 1. The lowest BCUT2D eigenvalue weighted by atomic mass is 10.1. The molecule has 0 radical (unpaired) electrons. The number of likely N-dealkylation sites (tertiary alicyclic amines) is 1. The van der Waals surface area contributed by atoms with Gasteiger partial charge in [-0.05, 0) is 0 Å². The van der Waals surface area contributed by atoms with E-state index < -0.39 is 29.5 Å². The number of carbonyl (C=O) groups is 4. The molecule has 1 unspecified atom stereocenters. The maximum atomic E-state index is 11.4. The number of nitrogens with zero attached hydrogens (tertiary/aromatic N) is 1. The van der Waals surface area contributed by atoms with Crippen LogP contribution in [0.4, 0.5) is 0 Å². The highest BCUT2D eigenvalue weighted by atomic mass is 16.5. The molecule has 0 spiro atoms. The molecule has 1 saturated heterocycles. The number of hydrogen-bond acceptors (Lipinski definition) is 5. The summed E-state index contributed by atoms with van der Waals surface area (Å²) in [6.07, 6.45) is 0. The van der Waals surface area contributed by atoms with Crippen LogP contribution in [0.15, 0.2) is 0 Å². The first-order chi connectivity index (χ1) is 6.97. The molecule has 0 aliphatic carbocycles. The molecule has 7 nitrogen and oxygen atoms in total. The number of ketones is 1. The average Bonchev–Trinajstić information content (AvgIpc) is 2.40. The SMILES string of the molecule is COC(=O)C1C(=O)CN(CC(N)=O)C1=O. The number of ether oxygens (including phenoxy) is 1. The van der Waals surface area contributed by atoms with Crippen LogP contribution >= 0.6 is 0 Å². The van der Waals surface area contributed by atoms with Crippen molar-refractivity contribution in [1.82, 2.24) is 4.90 Å². The van der Waals surface area contributed by atoms with E-state index in [2.05, 4.69) is 4.74 Å². The van der Waals surface area contributed by atoms with Crippen molar-refractivity contribution in [3.63, 3.8) is 0 Å². The van der Waals surface area contributed by atoms with Gasteiger partial charge in [-0.15, -0.1) is 0 Å². The van der Waals surface area contributed by atoms with E-state index in [0.29, 0.717) is 0 Å². The van der Waals surface area contributed by atoms with Crippen molar-refractivity contribution >= 4 is 23.6 Å². The highest BCUT2D eigenvalue weighted by molar-refractivity contribution is 6.21. The first-order valence-corrected chi connectivity index (χ1v) is 4.15. The monoisotopic (exact) mass is 214 g/mol. The van der Waals surface area contributed by atoms with E-state index in [-0.39, 0.29) is 13.1 Å². The lowest BCUT2D eigenvalue weighted by Crippen LogP contribution is -2.37. The number of rotatable bonds is 3. The van der Waals surface area contributed by atoms with E-state index >= 15 is 0 Å². The van der Waals surface area contributed by atoms with E-state index in [1.807, 2.05) is 0 Å². The lowest BCUT2D eigenvalue weighted by molar-refractivity contribution is -0.152. The minimum atomic E-state index is -1.44. The molecule has 0 aromatic rings. The molecular formula is C8H10N2O5. The zero-order valence-corrected chi connectivity index (χ0v) is 8.06. The van der Waals surface area contributed by atoms with Gasteiger partial charge in [0, 0.05) is 0 Å². The Morgan fingerprint density at radius 2 is 2.13 bits per heavy atom. The van der Waals surface area contributed by atoms with E-state index in [9.17, 15) is 19.2 Å². The number of primary amides is 1. The summed E-state index contributed by atoms with van der Waals surface area (Å²) in [6.45, 7) is -0.639. The second-order valence-electron chi connectivity index (χ2n) is 3.08. The van der Waals surface area contributed by atoms with Gasteiger partial charge in [-0.3, -0.25) is 19.2 Å². The van der Waals surface area contributed by atoms with E-state index in [1.165, 1.54) is 0 Å². The second kappa shape index (κ2) is 4.07. The van der Waals surface area contributed by atoms with Gasteiger partial charge in [0.15, 0.2) is 11.7 Å². The van der Waals surface area contributed by atoms with Crippen LogP contribution in [0.2, 0.25) is 0 Å². The summed E-state index contributed by atoms with van der Waals surface area (Å²) in [7, 11) is 1.08. The van der Waals surface area contributed by atoms with Gasteiger partial charge >= 0.3 is 5.97 Å². The molecule has 1 aliphatic rings. The van der Waals surface area contributed by atoms with Gasteiger partial charge in [-0.1, -0.05) is 0 Å². The van der Waals surface area contributed by atoms with Crippen LogP contribution in [-0.2, 0) is 23.9 Å². The van der Waals surface area contributed by atoms with E-state index in [4.69, 9.17) is 5.73 Å². The van der Waals surface area contributed by atoms with Crippen LogP contribution in [0.5, 0.6) is 0 Å². The molecule has 1 aliphatic heterocycles. The Kier molecular flexibility index (Phi) is 3.03. The third-order valence-electron chi connectivity index (χ3n) is 2.01. The van der Waals surface area contributed by atoms with Gasteiger partial charge in [0.2, 0.25) is 11.8 Å². The van der Waals surface area contributed by atoms with Crippen LogP contribution in [0.3, 0.4) is 0 Å². The van der Waals surface area contributed by atoms with Crippen molar-refractivity contribution in [1.29, 1.82) is 0 Å². The van der Waals surface area contributed by atoms with Crippen molar-refractivity contribution in [2.45, 2.75) is 0 Å². The molecule has 1 atom stereocenters. The predicted octanol–water partition coefficient (Wildman–Crippen LogP) is -2.33. The Morgan fingerprint density at radius 3 is 2.60 bits per heavy atom. The fraction of sp³-hybridized carbons (Fsp3) is 0.500. The second-order valence-corrected chi connectivity index (χ2v) is 3.08. The Hall–Kier alpha value is -1.92. The molecule has 0 saturated carbocycles. The minimum Gasteiger partial charge on any atom is -0.468 e.